The van der Waals surface area contributed by atoms with Gasteiger partial charge < -0.3 is 5.32 Å². The summed E-state index contributed by atoms with van der Waals surface area (Å²) in [5.74, 6) is 1.94. The van der Waals surface area contributed by atoms with Crippen LogP contribution in [0.1, 0.15) is 44.1 Å². The van der Waals surface area contributed by atoms with Crippen molar-refractivity contribution in [3.63, 3.8) is 0 Å². The largest absolute Gasteiger partial charge is 0.352 e. The van der Waals surface area contributed by atoms with Crippen LogP contribution in [0.25, 0.3) is 0 Å². The lowest BCUT2D eigenvalue weighted by molar-refractivity contribution is -0.124. The van der Waals surface area contributed by atoms with E-state index in [0.29, 0.717) is 6.04 Å². The van der Waals surface area contributed by atoms with Crippen molar-refractivity contribution in [1.82, 2.24) is 5.32 Å². The van der Waals surface area contributed by atoms with Gasteiger partial charge in [0, 0.05) is 6.04 Å². The zero-order chi connectivity index (χ0) is 12.9. The lowest BCUT2D eigenvalue weighted by atomic mass is 9.91. The first-order chi connectivity index (χ1) is 9.28. The molecule has 2 heteroatoms. The van der Waals surface area contributed by atoms with Crippen molar-refractivity contribution in [1.29, 1.82) is 0 Å². The smallest absolute Gasteiger partial charge is 0.230 e. The fourth-order valence-electron chi connectivity index (χ4n) is 4.26. The van der Waals surface area contributed by atoms with Crippen molar-refractivity contribution < 1.29 is 4.79 Å². The highest BCUT2D eigenvalue weighted by Crippen LogP contribution is 2.50. The van der Waals surface area contributed by atoms with Gasteiger partial charge in [-0.2, -0.15) is 0 Å². The predicted octanol–water partition coefficient (Wildman–Crippen LogP) is 3.02. The molecule has 0 saturated heterocycles. The minimum atomic E-state index is -0.191. The van der Waals surface area contributed by atoms with Crippen molar-refractivity contribution >= 4 is 5.91 Å². The molecular formula is C17H21NO. The second-order valence-electron chi connectivity index (χ2n) is 6.70. The van der Waals surface area contributed by atoms with Crippen molar-refractivity contribution in [2.45, 2.75) is 50.0 Å². The molecule has 100 valence electrons. The van der Waals surface area contributed by atoms with Gasteiger partial charge in [-0.15, -0.1) is 0 Å². The van der Waals surface area contributed by atoms with E-state index in [9.17, 15) is 4.79 Å². The van der Waals surface area contributed by atoms with Crippen LogP contribution in [0.3, 0.4) is 0 Å². The van der Waals surface area contributed by atoms with E-state index in [-0.39, 0.29) is 11.3 Å². The molecule has 0 aromatic heterocycles. The Morgan fingerprint density at radius 1 is 1.11 bits per heavy atom. The van der Waals surface area contributed by atoms with Crippen molar-refractivity contribution in [2.24, 2.45) is 11.8 Å². The third-order valence-electron chi connectivity index (χ3n) is 5.57. The van der Waals surface area contributed by atoms with Gasteiger partial charge in [0.15, 0.2) is 0 Å². The zero-order valence-electron chi connectivity index (χ0n) is 11.3. The third-order valence-corrected chi connectivity index (χ3v) is 5.57. The van der Waals surface area contributed by atoms with Gasteiger partial charge in [0.2, 0.25) is 5.91 Å². The Bertz CT molecular complexity index is 491. The quantitative estimate of drug-likeness (QED) is 0.883. The summed E-state index contributed by atoms with van der Waals surface area (Å²) in [5, 5.41) is 3.37. The maximum absolute atomic E-state index is 12.6. The van der Waals surface area contributed by atoms with Crippen LogP contribution < -0.4 is 5.32 Å². The standard InChI is InChI=1S/C17H21NO/c19-16(18-15-11-12-6-7-13(15)10-12)17(8-9-17)14-4-2-1-3-5-14/h1-5,12-13,15H,6-11H2,(H,18,19)/t12-,13-,15+/m1/s1. The first-order valence-electron chi connectivity index (χ1n) is 7.64. The van der Waals surface area contributed by atoms with Crippen molar-refractivity contribution in [3.8, 4) is 0 Å². The van der Waals surface area contributed by atoms with Crippen LogP contribution in [-0.2, 0) is 10.2 Å². The molecule has 0 aliphatic heterocycles. The summed E-state index contributed by atoms with van der Waals surface area (Å²) in [5.41, 5.74) is 1.01. The molecule has 0 unspecified atom stereocenters. The fourth-order valence-corrected chi connectivity index (χ4v) is 4.26. The Morgan fingerprint density at radius 3 is 2.47 bits per heavy atom. The molecule has 0 spiro atoms. The number of rotatable bonds is 3. The lowest BCUT2D eigenvalue weighted by Gasteiger charge is -2.26. The number of benzene rings is 1. The van der Waals surface area contributed by atoms with E-state index in [1.807, 2.05) is 18.2 Å². The van der Waals surface area contributed by atoms with Crippen LogP contribution in [0.15, 0.2) is 30.3 Å². The monoisotopic (exact) mass is 255 g/mol. The van der Waals surface area contributed by atoms with Gasteiger partial charge in [0.1, 0.15) is 0 Å². The Morgan fingerprint density at radius 2 is 1.89 bits per heavy atom. The second-order valence-corrected chi connectivity index (χ2v) is 6.70. The van der Waals surface area contributed by atoms with Crippen molar-refractivity contribution in [2.75, 3.05) is 0 Å². The average molecular weight is 255 g/mol. The number of carbonyl (C=O) groups excluding carboxylic acids is 1. The second kappa shape index (κ2) is 4.09. The number of hydrogen-bond acceptors (Lipinski definition) is 1. The van der Waals surface area contributed by atoms with E-state index in [0.717, 1.165) is 24.7 Å². The summed E-state index contributed by atoms with van der Waals surface area (Å²) >= 11 is 0. The summed E-state index contributed by atoms with van der Waals surface area (Å²) < 4.78 is 0. The zero-order valence-corrected chi connectivity index (χ0v) is 11.3. The molecule has 2 nitrogen and oxygen atoms in total. The molecule has 19 heavy (non-hydrogen) atoms. The Labute approximate surface area is 114 Å². The van der Waals surface area contributed by atoms with Crippen LogP contribution in [0.2, 0.25) is 0 Å². The van der Waals surface area contributed by atoms with E-state index in [1.165, 1.54) is 31.2 Å². The van der Waals surface area contributed by atoms with Gasteiger partial charge in [0.25, 0.3) is 0 Å². The van der Waals surface area contributed by atoms with Crippen LogP contribution in [0.4, 0.5) is 0 Å². The van der Waals surface area contributed by atoms with Gasteiger partial charge in [-0.1, -0.05) is 36.8 Å². The van der Waals surface area contributed by atoms with E-state index in [1.54, 1.807) is 0 Å². The number of fused-ring (bicyclic) bond motifs is 2. The number of nitrogens with one attached hydrogen (secondary N) is 1. The normalized spacial score (nSPS) is 34.2. The molecule has 1 aromatic carbocycles. The third kappa shape index (κ3) is 1.80. The van der Waals surface area contributed by atoms with Crippen LogP contribution in [0, 0.1) is 11.8 Å². The van der Waals surface area contributed by atoms with Gasteiger partial charge >= 0.3 is 0 Å². The van der Waals surface area contributed by atoms with Crippen LogP contribution >= 0.6 is 0 Å². The average Bonchev–Trinajstić information content (AvgIpc) is 3.01. The Balaban J connectivity index is 1.49. The summed E-state index contributed by atoms with van der Waals surface area (Å²) in [6.45, 7) is 0. The van der Waals surface area contributed by atoms with Crippen molar-refractivity contribution in [3.05, 3.63) is 35.9 Å². The molecule has 0 heterocycles. The topological polar surface area (TPSA) is 29.1 Å². The SMILES string of the molecule is O=C(N[C@H]1C[C@@H]2CC[C@@H]1C2)C1(c2ccccc2)CC1. The van der Waals surface area contributed by atoms with E-state index < -0.39 is 0 Å². The molecule has 3 fully saturated rings. The molecule has 1 amide bonds. The number of hydrogen-bond donors (Lipinski definition) is 1. The molecule has 1 aromatic rings. The number of carbonyl (C=O) groups is 1. The summed E-state index contributed by atoms with van der Waals surface area (Å²) in [4.78, 5) is 12.6. The molecule has 4 rings (SSSR count). The molecular weight excluding hydrogens is 234 g/mol. The van der Waals surface area contributed by atoms with Gasteiger partial charge in [0.05, 0.1) is 5.41 Å². The van der Waals surface area contributed by atoms with Gasteiger partial charge in [-0.05, 0) is 49.5 Å². The lowest BCUT2D eigenvalue weighted by Crippen LogP contribution is -2.44. The van der Waals surface area contributed by atoms with E-state index in [4.69, 9.17) is 0 Å². The highest BCUT2D eigenvalue weighted by molar-refractivity contribution is 5.91. The fraction of sp³-hybridized carbons (Fsp3) is 0.588. The van der Waals surface area contributed by atoms with Gasteiger partial charge in [-0.3, -0.25) is 4.79 Å². The molecule has 1 N–H and O–H groups in total. The number of amides is 1. The predicted molar refractivity (Wildman–Crippen MR) is 74.7 cm³/mol. The minimum absolute atomic E-state index is 0.191. The maximum Gasteiger partial charge on any atom is 0.230 e. The first kappa shape index (κ1) is 11.5. The molecule has 3 saturated carbocycles. The minimum Gasteiger partial charge on any atom is -0.352 e. The summed E-state index contributed by atoms with van der Waals surface area (Å²) in [7, 11) is 0. The Hall–Kier alpha value is -1.31. The van der Waals surface area contributed by atoms with Gasteiger partial charge in [-0.25, -0.2) is 0 Å². The highest BCUT2D eigenvalue weighted by Gasteiger charge is 2.52. The van der Waals surface area contributed by atoms with E-state index >= 15 is 0 Å². The molecule has 0 radical (unpaired) electrons. The van der Waals surface area contributed by atoms with Crippen LogP contribution in [0.5, 0.6) is 0 Å². The summed E-state index contributed by atoms with van der Waals surface area (Å²) in [6.07, 6.45) is 7.33. The molecule has 3 aliphatic carbocycles. The first-order valence-corrected chi connectivity index (χ1v) is 7.64. The molecule has 3 aliphatic rings. The molecule has 3 atom stereocenters. The van der Waals surface area contributed by atoms with E-state index in [2.05, 4.69) is 17.4 Å². The molecule has 2 bridgehead atoms. The Kier molecular flexibility index (Phi) is 2.48. The highest BCUT2D eigenvalue weighted by atomic mass is 16.2. The summed E-state index contributed by atoms with van der Waals surface area (Å²) in [6, 6.07) is 10.8. The maximum atomic E-state index is 12.6. The van der Waals surface area contributed by atoms with Crippen LogP contribution in [-0.4, -0.2) is 11.9 Å².